The standard InChI is InChI=1S/C16H13FN4O2/c1-10(22)13-8-14(21-15(20-13)6-7-19-21)16(23)18-9-11-2-4-12(17)5-3-11/h2-8H,9H2,1H3,(H,18,23). The number of ketones is 1. The largest absolute Gasteiger partial charge is 0.347 e. The van der Waals surface area contributed by atoms with Gasteiger partial charge in [-0.25, -0.2) is 13.9 Å². The van der Waals surface area contributed by atoms with E-state index in [-0.39, 0.29) is 29.5 Å². The van der Waals surface area contributed by atoms with Gasteiger partial charge in [0, 0.05) is 19.5 Å². The van der Waals surface area contributed by atoms with Gasteiger partial charge in [-0.05, 0) is 23.8 Å². The Hall–Kier alpha value is -3.09. The van der Waals surface area contributed by atoms with Gasteiger partial charge in [-0.1, -0.05) is 12.1 Å². The van der Waals surface area contributed by atoms with Crippen molar-refractivity contribution >= 4 is 17.3 Å². The molecular weight excluding hydrogens is 299 g/mol. The number of hydrogen-bond donors (Lipinski definition) is 1. The number of benzene rings is 1. The minimum absolute atomic E-state index is 0.199. The van der Waals surface area contributed by atoms with Crippen LogP contribution in [0.2, 0.25) is 0 Å². The van der Waals surface area contributed by atoms with Gasteiger partial charge < -0.3 is 5.32 Å². The summed E-state index contributed by atoms with van der Waals surface area (Å²) in [6, 6.07) is 8.85. The minimum atomic E-state index is -0.395. The monoisotopic (exact) mass is 312 g/mol. The number of aromatic nitrogens is 3. The molecule has 3 aromatic rings. The van der Waals surface area contributed by atoms with Crippen LogP contribution in [0.25, 0.3) is 5.65 Å². The smallest absolute Gasteiger partial charge is 0.270 e. The Morgan fingerprint density at radius 1 is 1.22 bits per heavy atom. The molecule has 0 saturated carbocycles. The third-order valence-corrected chi connectivity index (χ3v) is 3.32. The van der Waals surface area contributed by atoms with Crippen LogP contribution in [0.4, 0.5) is 4.39 Å². The number of amides is 1. The molecule has 0 saturated heterocycles. The van der Waals surface area contributed by atoms with Crippen molar-refractivity contribution in [3.05, 3.63) is 65.4 Å². The van der Waals surface area contributed by atoms with E-state index in [0.29, 0.717) is 5.65 Å². The molecule has 2 heterocycles. The predicted molar refractivity (Wildman–Crippen MR) is 80.6 cm³/mol. The maximum atomic E-state index is 12.9. The number of rotatable bonds is 4. The van der Waals surface area contributed by atoms with Gasteiger partial charge in [-0.15, -0.1) is 0 Å². The minimum Gasteiger partial charge on any atom is -0.347 e. The van der Waals surface area contributed by atoms with E-state index in [1.165, 1.54) is 35.8 Å². The fourth-order valence-electron chi connectivity index (χ4n) is 2.13. The molecule has 2 aromatic heterocycles. The molecule has 0 aliphatic rings. The van der Waals surface area contributed by atoms with Crippen molar-refractivity contribution < 1.29 is 14.0 Å². The third-order valence-electron chi connectivity index (χ3n) is 3.32. The highest BCUT2D eigenvalue weighted by Crippen LogP contribution is 2.09. The van der Waals surface area contributed by atoms with E-state index in [0.717, 1.165) is 5.56 Å². The summed E-state index contributed by atoms with van der Waals surface area (Å²) in [6.07, 6.45) is 1.50. The van der Waals surface area contributed by atoms with Crippen molar-refractivity contribution in [3.63, 3.8) is 0 Å². The molecule has 0 fully saturated rings. The van der Waals surface area contributed by atoms with E-state index in [2.05, 4.69) is 15.4 Å². The molecule has 0 bridgehead atoms. The first-order valence-corrected chi connectivity index (χ1v) is 6.93. The van der Waals surface area contributed by atoms with Crippen LogP contribution in [0.3, 0.4) is 0 Å². The van der Waals surface area contributed by atoms with Crippen LogP contribution in [0.15, 0.2) is 42.6 Å². The Morgan fingerprint density at radius 3 is 2.65 bits per heavy atom. The van der Waals surface area contributed by atoms with Crippen LogP contribution in [0.1, 0.15) is 33.5 Å². The normalized spacial score (nSPS) is 10.7. The molecule has 0 atom stereocenters. The lowest BCUT2D eigenvalue weighted by Crippen LogP contribution is -2.26. The summed E-state index contributed by atoms with van der Waals surface area (Å²) >= 11 is 0. The second-order valence-corrected chi connectivity index (χ2v) is 4.99. The number of hydrogen-bond acceptors (Lipinski definition) is 4. The van der Waals surface area contributed by atoms with Gasteiger partial charge in [0.15, 0.2) is 11.4 Å². The fourth-order valence-corrected chi connectivity index (χ4v) is 2.13. The van der Waals surface area contributed by atoms with Crippen LogP contribution < -0.4 is 5.32 Å². The van der Waals surface area contributed by atoms with Gasteiger partial charge in [0.1, 0.15) is 17.2 Å². The molecular formula is C16H13FN4O2. The molecule has 0 unspecified atom stereocenters. The lowest BCUT2D eigenvalue weighted by atomic mass is 10.2. The predicted octanol–water partition coefficient (Wildman–Crippen LogP) is 2.00. The van der Waals surface area contributed by atoms with Gasteiger partial charge in [0.25, 0.3) is 5.91 Å². The Balaban J connectivity index is 1.86. The highest BCUT2D eigenvalue weighted by Gasteiger charge is 2.15. The van der Waals surface area contributed by atoms with Crippen molar-refractivity contribution in [2.75, 3.05) is 0 Å². The summed E-state index contributed by atoms with van der Waals surface area (Å²) in [6.45, 7) is 1.62. The molecule has 3 rings (SSSR count). The first-order chi connectivity index (χ1) is 11.0. The fraction of sp³-hybridized carbons (Fsp3) is 0.125. The summed E-state index contributed by atoms with van der Waals surface area (Å²) in [5, 5.41) is 6.76. The van der Waals surface area contributed by atoms with Gasteiger partial charge in [0.2, 0.25) is 0 Å². The summed E-state index contributed by atoms with van der Waals surface area (Å²) in [5.41, 5.74) is 1.60. The number of nitrogens with one attached hydrogen (secondary N) is 1. The van der Waals surface area contributed by atoms with Crippen LogP contribution >= 0.6 is 0 Å². The van der Waals surface area contributed by atoms with Crippen molar-refractivity contribution in [1.82, 2.24) is 19.9 Å². The maximum absolute atomic E-state index is 12.9. The lowest BCUT2D eigenvalue weighted by Gasteiger charge is -2.08. The Labute approximate surface area is 131 Å². The van der Waals surface area contributed by atoms with Crippen LogP contribution in [0, 0.1) is 5.82 Å². The maximum Gasteiger partial charge on any atom is 0.270 e. The average molecular weight is 312 g/mol. The second kappa shape index (κ2) is 5.96. The van der Waals surface area contributed by atoms with Crippen LogP contribution in [-0.4, -0.2) is 26.3 Å². The van der Waals surface area contributed by atoms with Crippen molar-refractivity contribution in [2.24, 2.45) is 0 Å². The Kier molecular flexibility index (Phi) is 3.84. The van der Waals surface area contributed by atoms with E-state index in [9.17, 15) is 14.0 Å². The molecule has 0 radical (unpaired) electrons. The lowest BCUT2D eigenvalue weighted by molar-refractivity contribution is 0.0943. The van der Waals surface area contributed by atoms with E-state index >= 15 is 0 Å². The Morgan fingerprint density at radius 2 is 1.96 bits per heavy atom. The molecule has 0 aliphatic heterocycles. The summed E-state index contributed by atoms with van der Waals surface area (Å²) in [7, 11) is 0. The molecule has 1 amide bonds. The van der Waals surface area contributed by atoms with Gasteiger partial charge in [-0.3, -0.25) is 9.59 Å². The highest BCUT2D eigenvalue weighted by atomic mass is 19.1. The number of nitrogens with zero attached hydrogens (tertiary/aromatic N) is 3. The van der Waals surface area contributed by atoms with E-state index in [4.69, 9.17) is 0 Å². The Bertz CT molecular complexity index is 887. The topological polar surface area (TPSA) is 76.4 Å². The zero-order valence-corrected chi connectivity index (χ0v) is 12.3. The molecule has 1 N–H and O–H groups in total. The number of Topliss-reactive ketones (excluding diaryl/α,β-unsaturated/α-hetero) is 1. The third kappa shape index (κ3) is 3.08. The number of halogens is 1. The number of carbonyl (C=O) groups is 2. The van der Waals surface area contributed by atoms with E-state index in [1.807, 2.05) is 0 Å². The molecule has 6 nitrogen and oxygen atoms in total. The molecule has 0 aliphatic carbocycles. The summed E-state index contributed by atoms with van der Waals surface area (Å²) < 4.78 is 14.2. The van der Waals surface area contributed by atoms with Gasteiger partial charge in [-0.2, -0.15) is 5.10 Å². The summed E-state index contributed by atoms with van der Waals surface area (Å²) in [5.74, 6) is -0.965. The molecule has 1 aromatic carbocycles. The van der Waals surface area contributed by atoms with Crippen molar-refractivity contribution in [1.29, 1.82) is 0 Å². The zero-order chi connectivity index (χ0) is 16.4. The van der Waals surface area contributed by atoms with Crippen LogP contribution in [-0.2, 0) is 6.54 Å². The first kappa shape index (κ1) is 14.8. The SMILES string of the molecule is CC(=O)c1cc(C(=O)NCc2ccc(F)cc2)n2nccc2n1. The first-order valence-electron chi connectivity index (χ1n) is 6.93. The quantitative estimate of drug-likeness (QED) is 0.748. The van der Waals surface area contributed by atoms with Crippen LogP contribution in [0.5, 0.6) is 0 Å². The van der Waals surface area contributed by atoms with Gasteiger partial charge >= 0.3 is 0 Å². The summed E-state index contributed by atoms with van der Waals surface area (Å²) in [4.78, 5) is 28.1. The van der Waals surface area contributed by atoms with Crippen molar-refractivity contribution in [3.8, 4) is 0 Å². The average Bonchev–Trinajstić information content (AvgIpc) is 3.01. The van der Waals surface area contributed by atoms with Gasteiger partial charge in [0.05, 0.1) is 6.20 Å². The number of carbonyl (C=O) groups excluding carboxylic acids is 2. The molecule has 7 heteroatoms. The highest BCUT2D eigenvalue weighted by molar-refractivity contribution is 5.98. The van der Waals surface area contributed by atoms with E-state index < -0.39 is 5.91 Å². The van der Waals surface area contributed by atoms with Crippen molar-refractivity contribution in [2.45, 2.75) is 13.5 Å². The molecule has 0 spiro atoms. The molecule has 116 valence electrons. The van der Waals surface area contributed by atoms with E-state index in [1.54, 1.807) is 18.2 Å². The second-order valence-electron chi connectivity index (χ2n) is 4.99. The zero-order valence-electron chi connectivity index (χ0n) is 12.3. The number of fused-ring (bicyclic) bond motifs is 1. The molecule has 23 heavy (non-hydrogen) atoms.